The van der Waals surface area contributed by atoms with Crippen LogP contribution in [-0.4, -0.2) is 42.1 Å². The Bertz CT molecular complexity index is 473. The number of hydrogen-bond acceptors (Lipinski definition) is 2. The molecule has 0 bridgehead atoms. The van der Waals surface area contributed by atoms with Crippen molar-refractivity contribution in [2.75, 3.05) is 25.0 Å². The maximum Gasteiger partial charge on any atom is 0.324 e. The van der Waals surface area contributed by atoms with E-state index in [1.807, 2.05) is 24.3 Å². The molecule has 2 amide bonds. The van der Waals surface area contributed by atoms with Crippen molar-refractivity contribution in [1.29, 1.82) is 0 Å². The Morgan fingerprint density at radius 3 is 2.67 bits per heavy atom. The SMILES string of the molecule is CN1CCN(c2ccccc2CCC(=O)O)C1=O. The van der Waals surface area contributed by atoms with Crippen molar-refractivity contribution in [3.8, 4) is 0 Å². The topological polar surface area (TPSA) is 60.9 Å². The van der Waals surface area contributed by atoms with Crippen LogP contribution in [0.4, 0.5) is 10.5 Å². The minimum absolute atomic E-state index is 0.0298. The summed E-state index contributed by atoms with van der Waals surface area (Å²) in [5.41, 5.74) is 1.73. The van der Waals surface area contributed by atoms with E-state index in [1.165, 1.54) is 0 Å². The first-order valence-corrected chi connectivity index (χ1v) is 5.92. The number of urea groups is 1. The number of carbonyl (C=O) groups excluding carboxylic acids is 1. The molecule has 1 aliphatic rings. The number of carboxylic acids is 1. The van der Waals surface area contributed by atoms with E-state index < -0.39 is 5.97 Å². The number of anilines is 1. The van der Waals surface area contributed by atoms with Crippen LogP contribution in [-0.2, 0) is 11.2 Å². The largest absolute Gasteiger partial charge is 0.481 e. The lowest BCUT2D eigenvalue weighted by Gasteiger charge is -2.19. The van der Waals surface area contributed by atoms with Gasteiger partial charge in [0.2, 0.25) is 0 Å². The fraction of sp³-hybridized carbons (Fsp3) is 0.385. The number of hydrogen-bond donors (Lipinski definition) is 1. The fourth-order valence-electron chi connectivity index (χ4n) is 2.10. The molecule has 1 aliphatic heterocycles. The monoisotopic (exact) mass is 248 g/mol. The lowest BCUT2D eigenvalue weighted by molar-refractivity contribution is -0.136. The number of likely N-dealkylation sites (N-methyl/N-ethyl adjacent to an activating group) is 1. The highest BCUT2D eigenvalue weighted by Gasteiger charge is 2.27. The second-order valence-corrected chi connectivity index (χ2v) is 4.38. The summed E-state index contributed by atoms with van der Waals surface area (Å²) in [6, 6.07) is 7.45. The molecule has 0 radical (unpaired) electrons. The summed E-state index contributed by atoms with van der Waals surface area (Å²) < 4.78 is 0. The number of carboxylic acid groups (broad SMARTS) is 1. The van der Waals surface area contributed by atoms with E-state index in [-0.39, 0.29) is 12.5 Å². The standard InChI is InChI=1S/C13H16N2O3/c1-14-8-9-15(13(14)18)11-5-3-2-4-10(11)6-7-12(16)17/h2-5H,6-9H2,1H3,(H,16,17). The lowest BCUT2D eigenvalue weighted by atomic mass is 10.1. The molecule has 2 rings (SSSR count). The highest BCUT2D eigenvalue weighted by Crippen LogP contribution is 2.25. The molecule has 1 saturated heterocycles. The molecule has 1 heterocycles. The molecule has 0 atom stereocenters. The molecular formula is C13H16N2O3. The van der Waals surface area contributed by atoms with Crippen LogP contribution in [0.1, 0.15) is 12.0 Å². The molecule has 0 aromatic heterocycles. The van der Waals surface area contributed by atoms with Crippen LogP contribution < -0.4 is 4.90 Å². The molecule has 1 fully saturated rings. The summed E-state index contributed by atoms with van der Waals surface area (Å²) in [6.45, 7) is 1.35. The molecule has 1 N–H and O–H groups in total. The molecule has 0 unspecified atom stereocenters. The molecule has 0 aliphatic carbocycles. The average Bonchev–Trinajstić information content (AvgIpc) is 2.68. The summed E-state index contributed by atoms with van der Waals surface area (Å²) in [5.74, 6) is -0.824. The van der Waals surface area contributed by atoms with Gasteiger partial charge in [-0.2, -0.15) is 0 Å². The highest BCUT2D eigenvalue weighted by atomic mass is 16.4. The Labute approximate surface area is 106 Å². The molecule has 1 aromatic rings. The number of aliphatic carboxylic acids is 1. The number of amides is 2. The van der Waals surface area contributed by atoms with Crippen molar-refractivity contribution in [3.63, 3.8) is 0 Å². The first-order chi connectivity index (χ1) is 8.59. The molecule has 5 nitrogen and oxygen atoms in total. The minimum atomic E-state index is -0.824. The molecule has 18 heavy (non-hydrogen) atoms. The molecular weight excluding hydrogens is 232 g/mol. The van der Waals surface area contributed by atoms with Crippen molar-refractivity contribution >= 4 is 17.7 Å². The van der Waals surface area contributed by atoms with Crippen molar-refractivity contribution in [2.24, 2.45) is 0 Å². The Morgan fingerprint density at radius 2 is 2.06 bits per heavy atom. The average molecular weight is 248 g/mol. The Hall–Kier alpha value is -2.04. The van der Waals surface area contributed by atoms with Crippen LogP contribution in [0.5, 0.6) is 0 Å². The molecule has 0 saturated carbocycles. The van der Waals surface area contributed by atoms with E-state index in [1.54, 1.807) is 16.8 Å². The van der Waals surface area contributed by atoms with Gasteiger partial charge >= 0.3 is 12.0 Å². The van der Waals surface area contributed by atoms with Crippen molar-refractivity contribution < 1.29 is 14.7 Å². The lowest BCUT2D eigenvalue weighted by Crippen LogP contribution is -2.29. The maximum absolute atomic E-state index is 11.9. The minimum Gasteiger partial charge on any atom is -0.481 e. The molecule has 1 aromatic carbocycles. The predicted octanol–water partition coefficient (Wildman–Crippen LogP) is 1.58. The van der Waals surface area contributed by atoms with E-state index in [0.717, 1.165) is 11.3 Å². The van der Waals surface area contributed by atoms with Crippen LogP contribution in [0.3, 0.4) is 0 Å². The summed E-state index contributed by atoms with van der Waals surface area (Å²) in [5, 5.41) is 8.74. The van der Waals surface area contributed by atoms with Crippen LogP contribution in [0.15, 0.2) is 24.3 Å². The van der Waals surface area contributed by atoms with Gasteiger partial charge in [-0.15, -0.1) is 0 Å². The van der Waals surface area contributed by atoms with E-state index in [4.69, 9.17) is 5.11 Å². The van der Waals surface area contributed by atoms with Gasteiger partial charge in [0.05, 0.1) is 0 Å². The zero-order chi connectivity index (χ0) is 13.1. The van der Waals surface area contributed by atoms with Crippen LogP contribution in [0.25, 0.3) is 0 Å². The van der Waals surface area contributed by atoms with Crippen LogP contribution >= 0.6 is 0 Å². The third-order valence-electron chi connectivity index (χ3n) is 3.11. The van der Waals surface area contributed by atoms with Gasteiger partial charge in [-0.1, -0.05) is 18.2 Å². The van der Waals surface area contributed by atoms with Gasteiger partial charge in [0.15, 0.2) is 0 Å². The quantitative estimate of drug-likeness (QED) is 0.880. The van der Waals surface area contributed by atoms with Crippen molar-refractivity contribution in [1.82, 2.24) is 4.90 Å². The third-order valence-corrected chi connectivity index (χ3v) is 3.11. The van der Waals surface area contributed by atoms with E-state index in [9.17, 15) is 9.59 Å². The fourth-order valence-corrected chi connectivity index (χ4v) is 2.10. The van der Waals surface area contributed by atoms with E-state index in [0.29, 0.717) is 19.5 Å². The number of rotatable bonds is 4. The Morgan fingerprint density at radius 1 is 1.33 bits per heavy atom. The molecule has 0 spiro atoms. The van der Waals surface area contributed by atoms with Crippen molar-refractivity contribution in [3.05, 3.63) is 29.8 Å². The van der Waals surface area contributed by atoms with Crippen molar-refractivity contribution in [2.45, 2.75) is 12.8 Å². The van der Waals surface area contributed by atoms with E-state index >= 15 is 0 Å². The van der Waals surface area contributed by atoms with Gasteiger partial charge in [-0.25, -0.2) is 4.79 Å². The van der Waals surface area contributed by atoms with Gasteiger partial charge in [-0.3, -0.25) is 9.69 Å². The van der Waals surface area contributed by atoms with Gasteiger partial charge in [0.25, 0.3) is 0 Å². The second kappa shape index (κ2) is 5.08. The Balaban J connectivity index is 2.22. The smallest absolute Gasteiger partial charge is 0.324 e. The summed E-state index contributed by atoms with van der Waals surface area (Å²) in [4.78, 5) is 25.9. The maximum atomic E-state index is 11.9. The highest BCUT2D eigenvalue weighted by molar-refractivity contribution is 5.94. The normalized spacial score (nSPS) is 15.3. The first-order valence-electron chi connectivity index (χ1n) is 5.92. The number of para-hydroxylation sites is 1. The van der Waals surface area contributed by atoms with Gasteiger partial charge < -0.3 is 10.0 Å². The van der Waals surface area contributed by atoms with Crippen LogP contribution in [0, 0.1) is 0 Å². The van der Waals surface area contributed by atoms with Gasteiger partial charge in [0.1, 0.15) is 0 Å². The predicted molar refractivity (Wildman–Crippen MR) is 67.8 cm³/mol. The van der Waals surface area contributed by atoms with Gasteiger partial charge in [-0.05, 0) is 18.1 Å². The van der Waals surface area contributed by atoms with E-state index in [2.05, 4.69) is 0 Å². The number of aryl methyl sites for hydroxylation is 1. The second-order valence-electron chi connectivity index (χ2n) is 4.38. The zero-order valence-corrected chi connectivity index (χ0v) is 10.3. The molecule has 5 heteroatoms. The molecule has 96 valence electrons. The Kier molecular flexibility index (Phi) is 3.50. The zero-order valence-electron chi connectivity index (χ0n) is 10.3. The van der Waals surface area contributed by atoms with Gasteiger partial charge in [0, 0.05) is 32.2 Å². The summed E-state index contributed by atoms with van der Waals surface area (Å²) >= 11 is 0. The summed E-state index contributed by atoms with van der Waals surface area (Å²) in [7, 11) is 1.77. The number of carbonyl (C=O) groups is 2. The first kappa shape index (κ1) is 12.4. The third kappa shape index (κ3) is 2.45. The summed E-state index contributed by atoms with van der Waals surface area (Å²) in [6.07, 6.45) is 0.522. The number of benzene rings is 1. The number of nitrogens with zero attached hydrogens (tertiary/aromatic N) is 2. The van der Waals surface area contributed by atoms with Crippen LogP contribution in [0.2, 0.25) is 0 Å².